The van der Waals surface area contributed by atoms with Crippen molar-refractivity contribution in [1.82, 2.24) is 5.27 Å². The second-order valence-corrected chi connectivity index (χ2v) is 6.86. The first-order valence-electron chi connectivity index (χ1n) is 8.07. The average Bonchev–Trinajstić information content (AvgIpc) is 3.04. The van der Waals surface area contributed by atoms with E-state index in [2.05, 4.69) is 31.8 Å². The second-order valence-electron chi connectivity index (χ2n) is 6.01. The molecule has 0 radical (unpaired) electrons. The van der Waals surface area contributed by atoms with E-state index in [1.54, 1.807) is 0 Å². The Morgan fingerprint density at radius 2 is 2.00 bits per heavy atom. The van der Waals surface area contributed by atoms with Crippen molar-refractivity contribution in [3.63, 3.8) is 0 Å². The van der Waals surface area contributed by atoms with Gasteiger partial charge in [0.25, 0.3) is 6.20 Å². The number of urea groups is 1. The monoisotopic (exact) mass is 455 g/mol. The lowest BCUT2D eigenvalue weighted by Gasteiger charge is -2.09. The Hall–Kier alpha value is -2.88. The summed E-state index contributed by atoms with van der Waals surface area (Å²) in [6.07, 6.45) is -3.01. The second kappa shape index (κ2) is 8.01. The van der Waals surface area contributed by atoms with Crippen molar-refractivity contribution in [3.05, 3.63) is 69.8 Å². The number of rotatable bonds is 4. The molecule has 0 saturated heterocycles. The summed E-state index contributed by atoms with van der Waals surface area (Å²) in [5.41, 5.74) is 1.21. The normalized spacial score (nSPS) is 11.3. The number of carbonyl (C=O) groups is 1. The molecular formula is C18H15BrF3N4O2+. The Kier molecular flexibility index (Phi) is 5.68. The van der Waals surface area contributed by atoms with Crippen molar-refractivity contribution in [2.75, 3.05) is 10.6 Å². The first kappa shape index (κ1) is 19.9. The van der Waals surface area contributed by atoms with Crippen LogP contribution in [0.4, 0.5) is 29.5 Å². The quantitative estimate of drug-likeness (QED) is 0.557. The Balaban J connectivity index is 1.62. The molecular weight excluding hydrogens is 441 g/mol. The number of halogens is 4. The standard InChI is InChI=1S/C18H14BrF3N4O2/c1-11-7-12(5-6-15(11)19)9-26-10-16(28-25-26)24-17(27)23-14-4-2-3-13(8-14)18(20,21)22/h2-8,10H,9H2,1H3,(H-,23,24,25,27)/p+1. The van der Waals surface area contributed by atoms with Crippen molar-refractivity contribution < 1.29 is 27.2 Å². The highest BCUT2D eigenvalue weighted by atomic mass is 79.9. The summed E-state index contributed by atoms with van der Waals surface area (Å²) in [6, 6.07) is 9.41. The van der Waals surface area contributed by atoms with E-state index in [1.807, 2.05) is 25.1 Å². The van der Waals surface area contributed by atoms with Gasteiger partial charge < -0.3 is 5.32 Å². The van der Waals surface area contributed by atoms with Crippen LogP contribution in [0.2, 0.25) is 0 Å². The van der Waals surface area contributed by atoms with Crippen LogP contribution in [0.3, 0.4) is 0 Å². The molecule has 3 aromatic rings. The van der Waals surface area contributed by atoms with Gasteiger partial charge in [-0.3, -0.25) is 9.84 Å². The van der Waals surface area contributed by atoms with Crippen LogP contribution in [0.25, 0.3) is 0 Å². The minimum absolute atomic E-state index is 0.00468. The van der Waals surface area contributed by atoms with Crippen LogP contribution in [0.5, 0.6) is 0 Å². The predicted octanol–water partition coefficient (Wildman–Crippen LogP) is 4.74. The summed E-state index contributed by atoms with van der Waals surface area (Å²) in [6.45, 7) is 2.39. The van der Waals surface area contributed by atoms with Gasteiger partial charge in [0.1, 0.15) is 0 Å². The molecule has 0 aliphatic heterocycles. The Morgan fingerprint density at radius 3 is 2.71 bits per heavy atom. The SMILES string of the molecule is Cc1cc(C[n+]2cc(NC(=O)Nc3cccc(C(F)(F)F)c3)on2)ccc1Br. The summed E-state index contributed by atoms with van der Waals surface area (Å²) in [7, 11) is 0. The lowest BCUT2D eigenvalue weighted by Crippen LogP contribution is -2.35. The topological polar surface area (TPSA) is 71.0 Å². The van der Waals surface area contributed by atoms with E-state index in [0.29, 0.717) is 6.54 Å². The van der Waals surface area contributed by atoms with Crippen LogP contribution in [0.1, 0.15) is 16.7 Å². The molecule has 2 aromatic carbocycles. The molecule has 0 bridgehead atoms. The molecule has 3 rings (SSSR count). The van der Waals surface area contributed by atoms with Crippen LogP contribution in [0.15, 0.2) is 57.7 Å². The van der Waals surface area contributed by atoms with Gasteiger partial charge in [-0.05, 0) is 47.5 Å². The number of alkyl halides is 3. The van der Waals surface area contributed by atoms with Crippen molar-refractivity contribution in [2.24, 2.45) is 0 Å². The third-order valence-electron chi connectivity index (χ3n) is 3.76. The maximum atomic E-state index is 12.7. The molecule has 0 atom stereocenters. The van der Waals surface area contributed by atoms with Gasteiger partial charge in [0.15, 0.2) is 0 Å². The maximum absolute atomic E-state index is 12.7. The summed E-state index contributed by atoms with van der Waals surface area (Å²) in [5.74, 6) is 0.0540. The number of benzene rings is 2. The lowest BCUT2D eigenvalue weighted by molar-refractivity contribution is -0.754. The predicted molar refractivity (Wildman–Crippen MR) is 98.8 cm³/mol. The van der Waals surface area contributed by atoms with Gasteiger partial charge in [-0.25, -0.2) is 4.79 Å². The highest BCUT2D eigenvalue weighted by molar-refractivity contribution is 9.10. The van der Waals surface area contributed by atoms with Gasteiger partial charge in [0.2, 0.25) is 11.8 Å². The molecule has 0 fully saturated rings. The highest BCUT2D eigenvalue weighted by Crippen LogP contribution is 2.30. The van der Waals surface area contributed by atoms with Gasteiger partial charge in [-0.1, -0.05) is 28.1 Å². The van der Waals surface area contributed by atoms with Crippen LogP contribution in [0, 0.1) is 6.92 Å². The van der Waals surface area contributed by atoms with E-state index in [-0.39, 0.29) is 11.6 Å². The Bertz CT molecular complexity index is 1000. The molecule has 6 nitrogen and oxygen atoms in total. The number of hydrogen-bond donors (Lipinski definition) is 2. The van der Waals surface area contributed by atoms with E-state index >= 15 is 0 Å². The first-order valence-corrected chi connectivity index (χ1v) is 8.87. The van der Waals surface area contributed by atoms with E-state index in [4.69, 9.17) is 4.52 Å². The largest absolute Gasteiger partial charge is 0.416 e. The molecule has 0 saturated carbocycles. The first-order chi connectivity index (χ1) is 13.2. The van der Waals surface area contributed by atoms with Gasteiger partial charge in [0, 0.05) is 15.7 Å². The molecule has 2 N–H and O–H groups in total. The molecule has 10 heteroatoms. The number of amides is 2. The number of nitrogens with one attached hydrogen (secondary N) is 2. The Labute approximate surface area is 166 Å². The van der Waals surface area contributed by atoms with Crippen LogP contribution in [-0.2, 0) is 12.7 Å². The number of aromatic nitrogens is 2. The number of anilines is 2. The van der Waals surface area contributed by atoms with Crippen molar-refractivity contribution in [3.8, 4) is 0 Å². The molecule has 0 spiro atoms. The zero-order valence-electron chi connectivity index (χ0n) is 14.5. The molecule has 2 amide bonds. The maximum Gasteiger partial charge on any atom is 0.416 e. The van der Waals surface area contributed by atoms with Crippen molar-refractivity contribution >= 4 is 33.5 Å². The molecule has 0 aliphatic rings. The molecule has 0 aliphatic carbocycles. The number of nitrogens with zero attached hydrogens (tertiary/aromatic N) is 2. The summed E-state index contributed by atoms with van der Waals surface area (Å²) in [5, 5.41) is 8.52. The number of carbonyl (C=O) groups excluding carboxylic acids is 1. The van der Waals surface area contributed by atoms with Gasteiger partial charge >= 0.3 is 18.1 Å². The zero-order chi connectivity index (χ0) is 20.3. The van der Waals surface area contributed by atoms with Gasteiger partial charge in [0.05, 0.1) is 5.56 Å². The smallest absolute Gasteiger partial charge is 0.308 e. The fraction of sp³-hybridized carbons (Fsp3) is 0.167. The van der Waals surface area contributed by atoms with Crippen LogP contribution < -0.4 is 15.3 Å². The molecule has 0 unspecified atom stereocenters. The van der Waals surface area contributed by atoms with Gasteiger partial charge in [-0.2, -0.15) is 13.2 Å². The highest BCUT2D eigenvalue weighted by Gasteiger charge is 2.30. The van der Waals surface area contributed by atoms with Crippen molar-refractivity contribution in [2.45, 2.75) is 19.6 Å². The van der Waals surface area contributed by atoms with Gasteiger partial charge in [-0.15, -0.1) is 0 Å². The number of aryl methyl sites for hydroxylation is 1. The average molecular weight is 456 g/mol. The zero-order valence-corrected chi connectivity index (χ0v) is 16.1. The summed E-state index contributed by atoms with van der Waals surface area (Å²) < 4.78 is 45.7. The third kappa shape index (κ3) is 5.10. The van der Waals surface area contributed by atoms with Crippen molar-refractivity contribution in [1.29, 1.82) is 0 Å². The lowest BCUT2D eigenvalue weighted by atomic mass is 10.1. The van der Waals surface area contributed by atoms with E-state index in [9.17, 15) is 18.0 Å². The number of hydrogen-bond acceptors (Lipinski definition) is 3. The fourth-order valence-electron chi connectivity index (χ4n) is 2.45. The Morgan fingerprint density at radius 1 is 1.21 bits per heavy atom. The van der Waals surface area contributed by atoms with E-state index < -0.39 is 17.8 Å². The molecule has 1 aromatic heterocycles. The molecule has 28 heavy (non-hydrogen) atoms. The summed E-state index contributed by atoms with van der Waals surface area (Å²) >= 11 is 3.43. The molecule has 1 heterocycles. The molecule has 146 valence electrons. The fourth-order valence-corrected chi connectivity index (χ4v) is 2.69. The van der Waals surface area contributed by atoms with Crippen LogP contribution in [-0.4, -0.2) is 11.3 Å². The summed E-state index contributed by atoms with van der Waals surface area (Å²) in [4.78, 5) is 12.0. The van der Waals surface area contributed by atoms with Crippen LogP contribution >= 0.6 is 15.9 Å². The van der Waals surface area contributed by atoms with E-state index in [0.717, 1.165) is 27.7 Å². The minimum Gasteiger partial charge on any atom is -0.308 e. The van der Waals surface area contributed by atoms with E-state index in [1.165, 1.54) is 23.0 Å². The minimum atomic E-state index is -4.49. The third-order valence-corrected chi connectivity index (χ3v) is 4.65.